The number of nitrogens with zero attached hydrogens (tertiary/aromatic N) is 1. The third-order valence-corrected chi connectivity index (χ3v) is 3.86. The van der Waals surface area contributed by atoms with Gasteiger partial charge in [-0.15, -0.1) is 12.4 Å². The largest absolute Gasteiger partial charge is 0.381 e. The van der Waals surface area contributed by atoms with Gasteiger partial charge >= 0.3 is 0 Å². The first-order chi connectivity index (χ1) is 10.1. The van der Waals surface area contributed by atoms with Crippen molar-refractivity contribution in [2.24, 2.45) is 11.7 Å². The van der Waals surface area contributed by atoms with E-state index in [2.05, 4.69) is 26.0 Å². The molecule has 1 aromatic rings. The summed E-state index contributed by atoms with van der Waals surface area (Å²) in [6, 6.07) is 10.2. The molecule has 1 amide bonds. The van der Waals surface area contributed by atoms with E-state index < -0.39 is 0 Å². The van der Waals surface area contributed by atoms with Crippen molar-refractivity contribution < 1.29 is 9.53 Å². The van der Waals surface area contributed by atoms with E-state index in [9.17, 15) is 4.79 Å². The number of hydrogen-bond acceptors (Lipinski definition) is 3. The average molecular weight is 327 g/mol. The van der Waals surface area contributed by atoms with Crippen LogP contribution in [0.1, 0.15) is 31.7 Å². The Morgan fingerprint density at radius 1 is 1.32 bits per heavy atom. The van der Waals surface area contributed by atoms with Crippen molar-refractivity contribution in [1.82, 2.24) is 4.90 Å². The average Bonchev–Trinajstić information content (AvgIpc) is 2.86. The summed E-state index contributed by atoms with van der Waals surface area (Å²) in [5.74, 6) is 0.891. The van der Waals surface area contributed by atoms with Crippen LogP contribution in [-0.2, 0) is 9.53 Å². The molecule has 2 rings (SSSR count). The maximum absolute atomic E-state index is 12.2. The van der Waals surface area contributed by atoms with Crippen LogP contribution in [0.2, 0.25) is 0 Å². The van der Waals surface area contributed by atoms with Crippen LogP contribution in [0.3, 0.4) is 0 Å². The Balaban J connectivity index is 0.00000242. The summed E-state index contributed by atoms with van der Waals surface area (Å²) < 4.78 is 5.48. The van der Waals surface area contributed by atoms with Gasteiger partial charge in [0.05, 0.1) is 13.0 Å². The Labute approximate surface area is 139 Å². The van der Waals surface area contributed by atoms with Crippen LogP contribution < -0.4 is 5.73 Å². The highest BCUT2D eigenvalue weighted by Gasteiger charge is 2.33. The second-order valence-corrected chi connectivity index (χ2v) is 6.20. The molecule has 0 spiro atoms. The first kappa shape index (κ1) is 18.9. The number of benzene rings is 1. The fourth-order valence-corrected chi connectivity index (χ4v) is 2.72. The number of amides is 1. The van der Waals surface area contributed by atoms with Gasteiger partial charge in [-0.3, -0.25) is 4.79 Å². The van der Waals surface area contributed by atoms with Gasteiger partial charge in [0.2, 0.25) is 5.91 Å². The minimum absolute atomic E-state index is 0. The molecule has 1 saturated heterocycles. The number of rotatable bonds is 6. The van der Waals surface area contributed by atoms with Gasteiger partial charge in [-0.1, -0.05) is 44.2 Å². The van der Waals surface area contributed by atoms with Gasteiger partial charge in [-0.25, -0.2) is 0 Å². The molecule has 0 bridgehead atoms. The molecule has 0 aliphatic carbocycles. The summed E-state index contributed by atoms with van der Waals surface area (Å²) in [7, 11) is 0. The highest BCUT2D eigenvalue weighted by molar-refractivity contribution is 5.85. The number of carbonyl (C=O) groups is 1. The van der Waals surface area contributed by atoms with Crippen molar-refractivity contribution in [3.05, 3.63) is 35.9 Å². The molecule has 2 N–H and O–H groups in total. The number of hydrogen-bond donors (Lipinski definition) is 1. The molecule has 1 aromatic carbocycles. The molecule has 4 nitrogen and oxygen atoms in total. The molecule has 1 aliphatic rings. The highest BCUT2D eigenvalue weighted by atomic mass is 35.5. The fraction of sp³-hybridized carbons (Fsp3) is 0.588. The van der Waals surface area contributed by atoms with E-state index in [4.69, 9.17) is 10.5 Å². The molecule has 0 radical (unpaired) electrons. The van der Waals surface area contributed by atoms with Crippen molar-refractivity contribution in [2.45, 2.75) is 32.2 Å². The Hall–Kier alpha value is -1.10. The predicted molar refractivity (Wildman–Crippen MR) is 91.3 cm³/mol. The summed E-state index contributed by atoms with van der Waals surface area (Å²) in [5, 5.41) is 0. The van der Waals surface area contributed by atoms with Crippen LogP contribution in [0.15, 0.2) is 30.3 Å². The zero-order valence-electron chi connectivity index (χ0n) is 13.4. The van der Waals surface area contributed by atoms with Crippen LogP contribution in [-0.4, -0.2) is 43.2 Å². The maximum atomic E-state index is 12.2. The van der Waals surface area contributed by atoms with Crippen LogP contribution in [0.4, 0.5) is 0 Å². The second kappa shape index (κ2) is 9.13. The first-order valence-electron chi connectivity index (χ1n) is 7.74. The van der Waals surface area contributed by atoms with E-state index in [0.29, 0.717) is 38.6 Å². The van der Waals surface area contributed by atoms with Crippen LogP contribution in [0.5, 0.6) is 0 Å². The van der Waals surface area contributed by atoms with Crippen LogP contribution in [0, 0.1) is 5.92 Å². The minimum atomic E-state index is 0. The van der Waals surface area contributed by atoms with E-state index in [0.717, 1.165) is 0 Å². The molecule has 0 aromatic heterocycles. The van der Waals surface area contributed by atoms with Gasteiger partial charge in [-0.05, 0) is 11.5 Å². The van der Waals surface area contributed by atoms with Crippen molar-refractivity contribution in [3.8, 4) is 0 Å². The van der Waals surface area contributed by atoms with Crippen LogP contribution >= 0.6 is 12.4 Å². The van der Waals surface area contributed by atoms with Crippen molar-refractivity contribution >= 4 is 18.3 Å². The number of carbonyl (C=O) groups excluding carboxylic acids is 1. The normalized spacial score (nSPS) is 21.0. The topological polar surface area (TPSA) is 55.6 Å². The minimum Gasteiger partial charge on any atom is -0.381 e. The zero-order valence-corrected chi connectivity index (χ0v) is 14.2. The monoisotopic (exact) mass is 326 g/mol. The van der Waals surface area contributed by atoms with Gasteiger partial charge in [0.25, 0.3) is 0 Å². The summed E-state index contributed by atoms with van der Waals surface area (Å²) in [4.78, 5) is 14.1. The Morgan fingerprint density at radius 3 is 2.64 bits per heavy atom. The van der Waals surface area contributed by atoms with Gasteiger partial charge < -0.3 is 15.4 Å². The summed E-state index contributed by atoms with van der Waals surface area (Å²) >= 11 is 0. The van der Waals surface area contributed by atoms with Gasteiger partial charge in [0, 0.05) is 31.7 Å². The standard InChI is InChI=1S/C17H26N2O2.ClH/c1-13(2)12-21-9-8-17(20)19-10-15(16(18)11-19)14-6-4-3-5-7-14;/h3-7,13,15-16H,8-12,18H2,1-2H3;1H/t15-,16+;/m0./s1. The lowest BCUT2D eigenvalue weighted by molar-refractivity contribution is -0.131. The third-order valence-electron chi connectivity index (χ3n) is 3.86. The number of halogens is 1. The fourth-order valence-electron chi connectivity index (χ4n) is 2.72. The lowest BCUT2D eigenvalue weighted by Gasteiger charge is -2.16. The van der Waals surface area contributed by atoms with Crippen molar-refractivity contribution in [1.29, 1.82) is 0 Å². The molecule has 2 atom stereocenters. The van der Waals surface area contributed by atoms with Crippen molar-refractivity contribution in [2.75, 3.05) is 26.3 Å². The van der Waals surface area contributed by atoms with E-state index in [1.54, 1.807) is 0 Å². The predicted octanol–water partition coefficient (Wildman–Crippen LogP) is 2.42. The van der Waals surface area contributed by atoms with E-state index in [1.807, 2.05) is 23.1 Å². The number of ether oxygens (including phenoxy) is 1. The summed E-state index contributed by atoms with van der Waals surface area (Å²) in [6.07, 6.45) is 0.445. The lowest BCUT2D eigenvalue weighted by Crippen LogP contribution is -2.32. The van der Waals surface area contributed by atoms with Gasteiger partial charge in [0.1, 0.15) is 0 Å². The molecule has 22 heavy (non-hydrogen) atoms. The van der Waals surface area contributed by atoms with Gasteiger partial charge in [0.15, 0.2) is 0 Å². The number of nitrogens with two attached hydrogens (primary N) is 1. The highest BCUT2D eigenvalue weighted by Crippen LogP contribution is 2.26. The SMILES string of the molecule is CC(C)COCCC(=O)N1C[C@@H](N)[C@H](c2ccccc2)C1.Cl. The van der Waals surface area contributed by atoms with Crippen molar-refractivity contribution in [3.63, 3.8) is 0 Å². The molecule has 1 fully saturated rings. The second-order valence-electron chi connectivity index (χ2n) is 6.20. The lowest BCUT2D eigenvalue weighted by atomic mass is 9.95. The molecule has 0 saturated carbocycles. The quantitative estimate of drug-likeness (QED) is 0.817. The van der Waals surface area contributed by atoms with Crippen LogP contribution in [0.25, 0.3) is 0 Å². The van der Waals surface area contributed by atoms with E-state index in [-0.39, 0.29) is 30.3 Å². The van der Waals surface area contributed by atoms with E-state index >= 15 is 0 Å². The smallest absolute Gasteiger partial charge is 0.224 e. The Morgan fingerprint density at radius 2 is 2.00 bits per heavy atom. The third kappa shape index (κ3) is 5.27. The molecule has 5 heteroatoms. The molecular weight excluding hydrogens is 300 g/mol. The first-order valence-corrected chi connectivity index (χ1v) is 7.74. The Kier molecular flexibility index (Phi) is 7.87. The summed E-state index contributed by atoms with van der Waals surface area (Å²) in [6.45, 7) is 6.77. The number of likely N-dealkylation sites (tertiary alicyclic amines) is 1. The molecule has 124 valence electrons. The van der Waals surface area contributed by atoms with Gasteiger partial charge in [-0.2, -0.15) is 0 Å². The molecular formula is C17H27ClN2O2. The van der Waals surface area contributed by atoms with E-state index in [1.165, 1.54) is 5.56 Å². The Bertz CT molecular complexity index is 453. The maximum Gasteiger partial charge on any atom is 0.224 e. The summed E-state index contributed by atoms with van der Waals surface area (Å²) in [5.41, 5.74) is 7.43. The zero-order chi connectivity index (χ0) is 15.2. The molecule has 1 aliphatic heterocycles. The molecule has 1 heterocycles. The molecule has 0 unspecified atom stereocenters.